The largest absolute Gasteiger partial charge is 0.440 e. The molecule has 1 atom stereocenters. The fourth-order valence-electron chi connectivity index (χ4n) is 3.80. The normalized spacial score (nSPS) is 15.6. The van der Waals surface area contributed by atoms with Crippen LogP contribution in [-0.4, -0.2) is 30.9 Å². The van der Waals surface area contributed by atoms with Gasteiger partial charge >= 0.3 is 6.03 Å². The maximum Gasteiger partial charge on any atom is 0.323 e. The van der Waals surface area contributed by atoms with Gasteiger partial charge in [0.25, 0.3) is 5.91 Å². The topological polar surface area (TPSA) is 86.9 Å². The number of nitrogens with zero attached hydrogens (tertiary/aromatic N) is 2. The van der Waals surface area contributed by atoms with Gasteiger partial charge in [-0.2, -0.15) is 0 Å². The predicted molar refractivity (Wildman–Crippen MR) is 124 cm³/mol. The van der Waals surface area contributed by atoms with Crippen molar-refractivity contribution in [1.29, 1.82) is 0 Å². The quantitative estimate of drug-likeness (QED) is 0.489. The minimum absolute atomic E-state index is 0.227. The number of rotatable bonds is 3. The number of hydrogen-bond donors (Lipinski definition) is 2. The Bertz CT molecular complexity index is 1380. The number of carbonyl (C=O) groups excluding carboxylic acids is 2. The Morgan fingerprint density at radius 2 is 1.70 bits per heavy atom. The molecule has 0 saturated carbocycles. The van der Waals surface area contributed by atoms with Gasteiger partial charge in [0.1, 0.15) is 11.4 Å². The smallest absolute Gasteiger partial charge is 0.323 e. The van der Waals surface area contributed by atoms with Crippen molar-refractivity contribution in [3.05, 3.63) is 95.8 Å². The number of benzene rings is 3. The summed E-state index contributed by atoms with van der Waals surface area (Å²) in [5.41, 5.74) is 2.27. The van der Waals surface area contributed by atoms with Crippen molar-refractivity contribution < 1.29 is 18.4 Å². The van der Waals surface area contributed by atoms with Gasteiger partial charge in [0.05, 0.1) is 11.4 Å². The first-order chi connectivity index (χ1) is 16.0. The van der Waals surface area contributed by atoms with Crippen molar-refractivity contribution in [2.45, 2.75) is 6.17 Å². The number of urea groups is 1. The Kier molecular flexibility index (Phi) is 5.10. The second-order valence-corrected chi connectivity index (χ2v) is 7.52. The second-order valence-electron chi connectivity index (χ2n) is 7.52. The predicted octanol–water partition coefficient (Wildman–Crippen LogP) is 4.53. The molecule has 0 bridgehead atoms. The van der Waals surface area contributed by atoms with E-state index in [1.165, 1.54) is 11.0 Å². The number of likely N-dealkylation sites (N-methyl/N-ethyl adjacent to an activating group) is 1. The zero-order chi connectivity index (χ0) is 22.9. The van der Waals surface area contributed by atoms with Crippen molar-refractivity contribution in [2.24, 2.45) is 4.99 Å². The minimum atomic E-state index is -1.28. The lowest BCUT2D eigenvalue weighted by Crippen LogP contribution is -2.47. The Morgan fingerprint density at radius 3 is 2.48 bits per heavy atom. The first-order valence-corrected chi connectivity index (χ1v) is 10.3. The van der Waals surface area contributed by atoms with Gasteiger partial charge in [-0.05, 0) is 24.3 Å². The summed E-state index contributed by atoms with van der Waals surface area (Å²) >= 11 is 0. The molecule has 1 aliphatic rings. The van der Waals surface area contributed by atoms with Gasteiger partial charge in [0.2, 0.25) is 12.0 Å². The molecule has 0 fully saturated rings. The zero-order valence-electron chi connectivity index (χ0n) is 17.6. The van der Waals surface area contributed by atoms with Crippen LogP contribution in [0, 0.1) is 5.82 Å². The van der Waals surface area contributed by atoms with Gasteiger partial charge in [-0.25, -0.2) is 14.2 Å². The Labute approximate surface area is 188 Å². The van der Waals surface area contributed by atoms with Gasteiger partial charge in [-0.1, -0.05) is 48.5 Å². The maximum absolute atomic E-state index is 14.7. The van der Waals surface area contributed by atoms with Crippen LogP contribution in [0.15, 0.2) is 88.3 Å². The molecule has 1 unspecified atom stereocenters. The molecule has 0 aliphatic carbocycles. The molecular formula is C25H19FN4O3. The molecule has 2 N–H and O–H groups in total. The van der Waals surface area contributed by atoms with Crippen LogP contribution in [0.1, 0.15) is 11.1 Å². The third-order valence-electron chi connectivity index (χ3n) is 5.40. The van der Waals surface area contributed by atoms with E-state index in [2.05, 4.69) is 15.6 Å². The number of aliphatic imine (C=N–C) groups is 1. The zero-order valence-corrected chi connectivity index (χ0v) is 17.6. The number of anilines is 2. The number of fused-ring (bicyclic) bond motifs is 2. The summed E-state index contributed by atoms with van der Waals surface area (Å²) in [6, 6.07) is 21.6. The summed E-state index contributed by atoms with van der Waals surface area (Å²) in [5, 5.41) is 5.99. The molecule has 0 radical (unpaired) electrons. The van der Waals surface area contributed by atoms with Gasteiger partial charge in [-0.15, -0.1) is 0 Å². The number of furan rings is 1. The van der Waals surface area contributed by atoms with Crippen LogP contribution in [0.5, 0.6) is 0 Å². The Balaban J connectivity index is 1.49. The molecule has 2 heterocycles. The molecular weight excluding hydrogens is 423 g/mol. The molecule has 0 saturated heterocycles. The standard InChI is InChI=1S/C25H19FN4O3/c1-30-19-12-6-4-10-17(19)22(16-9-3-5-11-18(16)26)28-23(24(30)31)29-25(32)27-21-14-15-8-2-7-13-20(15)33-21/h2-14,23H,1H3,(H2,27,29,32). The average molecular weight is 442 g/mol. The van der Waals surface area contributed by atoms with Crippen LogP contribution in [0.25, 0.3) is 11.0 Å². The fraction of sp³-hybridized carbons (Fsp3) is 0.0800. The molecule has 1 aliphatic heterocycles. The summed E-state index contributed by atoms with van der Waals surface area (Å²) in [5.74, 6) is -0.716. The molecule has 4 aromatic rings. The van der Waals surface area contributed by atoms with E-state index < -0.39 is 23.9 Å². The van der Waals surface area contributed by atoms with Gasteiger partial charge in [-0.3, -0.25) is 10.1 Å². The highest BCUT2D eigenvalue weighted by Gasteiger charge is 2.31. The summed E-state index contributed by atoms with van der Waals surface area (Å²) in [4.78, 5) is 31.8. The highest BCUT2D eigenvalue weighted by atomic mass is 19.1. The first-order valence-electron chi connectivity index (χ1n) is 10.3. The summed E-state index contributed by atoms with van der Waals surface area (Å²) in [7, 11) is 1.59. The molecule has 164 valence electrons. The summed E-state index contributed by atoms with van der Waals surface area (Å²) in [6.45, 7) is 0. The van der Waals surface area contributed by atoms with Gasteiger partial charge in [0.15, 0.2) is 0 Å². The lowest BCUT2D eigenvalue weighted by atomic mass is 10.00. The lowest BCUT2D eigenvalue weighted by molar-refractivity contribution is -0.119. The van der Waals surface area contributed by atoms with E-state index in [1.807, 2.05) is 18.2 Å². The fourth-order valence-corrected chi connectivity index (χ4v) is 3.80. The molecule has 3 aromatic carbocycles. The molecule has 3 amide bonds. The van der Waals surface area contributed by atoms with Crippen LogP contribution < -0.4 is 15.5 Å². The number of para-hydroxylation sites is 2. The van der Waals surface area contributed by atoms with Crippen LogP contribution in [0.2, 0.25) is 0 Å². The molecule has 1 aromatic heterocycles. The van der Waals surface area contributed by atoms with E-state index in [-0.39, 0.29) is 17.2 Å². The number of nitrogens with one attached hydrogen (secondary N) is 2. The highest BCUT2D eigenvalue weighted by molar-refractivity contribution is 6.20. The van der Waals surface area contributed by atoms with Crippen molar-refractivity contribution in [3.63, 3.8) is 0 Å². The van der Waals surface area contributed by atoms with Crippen molar-refractivity contribution in [2.75, 3.05) is 17.3 Å². The van der Waals surface area contributed by atoms with E-state index in [1.54, 1.807) is 61.6 Å². The number of hydrogen-bond acceptors (Lipinski definition) is 4. The summed E-state index contributed by atoms with van der Waals surface area (Å²) < 4.78 is 20.3. The maximum atomic E-state index is 14.7. The molecule has 7 nitrogen and oxygen atoms in total. The molecule has 33 heavy (non-hydrogen) atoms. The molecule has 5 rings (SSSR count). The highest BCUT2D eigenvalue weighted by Crippen LogP contribution is 2.28. The average Bonchev–Trinajstić information content (AvgIpc) is 3.19. The Hall–Kier alpha value is -4.46. The number of carbonyl (C=O) groups is 2. The lowest BCUT2D eigenvalue weighted by Gasteiger charge is -2.20. The van der Waals surface area contributed by atoms with Gasteiger partial charge in [0, 0.05) is 29.6 Å². The van der Waals surface area contributed by atoms with Crippen LogP contribution in [-0.2, 0) is 4.79 Å². The SMILES string of the molecule is CN1C(=O)C(NC(=O)Nc2cc3ccccc3o2)N=C(c2ccccc2F)c2ccccc21. The Morgan fingerprint density at radius 1 is 1.00 bits per heavy atom. The van der Waals surface area contributed by atoms with Crippen LogP contribution >= 0.6 is 0 Å². The first kappa shape index (κ1) is 20.4. The third kappa shape index (κ3) is 3.82. The van der Waals surface area contributed by atoms with Crippen LogP contribution in [0.4, 0.5) is 20.8 Å². The van der Waals surface area contributed by atoms with Crippen LogP contribution in [0.3, 0.4) is 0 Å². The second kappa shape index (κ2) is 8.23. The number of amides is 3. The van der Waals surface area contributed by atoms with Crippen molar-refractivity contribution in [1.82, 2.24) is 5.32 Å². The van der Waals surface area contributed by atoms with E-state index >= 15 is 0 Å². The third-order valence-corrected chi connectivity index (χ3v) is 5.40. The van der Waals surface area contributed by atoms with Gasteiger partial charge < -0.3 is 14.6 Å². The van der Waals surface area contributed by atoms with E-state index in [4.69, 9.17) is 4.42 Å². The van der Waals surface area contributed by atoms with E-state index in [0.717, 1.165) is 5.39 Å². The number of halogens is 1. The minimum Gasteiger partial charge on any atom is -0.440 e. The van der Waals surface area contributed by atoms with Crippen molar-refractivity contribution >= 4 is 40.2 Å². The molecule has 8 heteroatoms. The van der Waals surface area contributed by atoms with E-state index in [9.17, 15) is 14.0 Å². The van der Waals surface area contributed by atoms with E-state index in [0.29, 0.717) is 16.8 Å². The number of benzodiazepines with no additional fused rings is 1. The monoisotopic (exact) mass is 442 g/mol. The summed E-state index contributed by atoms with van der Waals surface area (Å²) in [6.07, 6.45) is -1.28. The molecule has 0 spiro atoms. The van der Waals surface area contributed by atoms with Crippen molar-refractivity contribution in [3.8, 4) is 0 Å².